The molecule has 7 heteroatoms. The highest BCUT2D eigenvalue weighted by atomic mass is 16.5. The van der Waals surface area contributed by atoms with Crippen molar-refractivity contribution in [2.75, 3.05) is 38.2 Å². The van der Waals surface area contributed by atoms with Crippen LogP contribution in [0.3, 0.4) is 0 Å². The number of nitrogens with two attached hydrogens (primary N) is 1. The van der Waals surface area contributed by atoms with Crippen LogP contribution in [-0.4, -0.2) is 60.9 Å². The second kappa shape index (κ2) is 10.4. The molecule has 7 nitrogen and oxygen atoms in total. The first-order chi connectivity index (χ1) is 17.5. The van der Waals surface area contributed by atoms with E-state index in [1.807, 2.05) is 66.7 Å². The number of piperazine rings is 1. The van der Waals surface area contributed by atoms with Gasteiger partial charge in [0.05, 0.1) is 12.8 Å². The van der Waals surface area contributed by atoms with E-state index in [-0.39, 0.29) is 5.91 Å². The Morgan fingerprint density at radius 3 is 2.25 bits per heavy atom. The molecule has 1 fully saturated rings. The average Bonchev–Trinajstić information content (AvgIpc) is 2.92. The molecule has 1 saturated heterocycles. The van der Waals surface area contributed by atoms with Gasteiger partial charge < -0.3 is 20.3 Å². The number of rotatable bonds is 6. The number of methoxy groups -OCH3 is 1. The molecule has 2 aliphatic rings. The molecule has 186 valence electrons. The van der Waals surface area contributed by atoms with Crippen LogP contribution in [0, 0.1) is 0 Å². The van der Waals surface area contributed by atoms with Gasteiger partial charge in [0.2, 0.25) is 5.91 Å². The molecule has 36 heavy (non-hydrogen) atoms. The smallest absolute Gasteiger partial charge is 0.254 e. The topological polar surface area (TPSA) is 79.1 Å². The van der Waals surface area contributed by atoms with E-state index in [1.54, 1.807) is 12.0 Å². The van der Waals surface area contributed by atoms with E-state index in [9.17, 15) is 9.59 Å². The number of fused-ring (bicyclic) bond motifs is 1. The molecule has 3 aromatic carbocycles. The van der Waals surface area contributed by atoms with Crippen LogP contribution in [-0.2, 0) is 24.3 Å². The van der Waals surface area contributed by atoms with Crippen LogP contribution in [0.2, 0.25) is 0 Å². The van der Waals surface area contributed by atoms with Crippen molar-refractivity contribution in [3.63, 3.8) is 0 Å². The third-order valence-corrected chi connectivity index (χ3v) is 7.24. The quantitative estimate of drug-likeness (QED) is 0.582. The van der Waals surface area contributed by atoms with E-state index in [1.165, 1.54) is 0 Å². The monoisotopic (exact) mass is 484 g/mol. The van der Waals surface area contributed by atoms with Gasteiger partial charge in [0, 0.05) is 51.3 Å². The molecule has 1 atom stereocenters. The van der Waals surface area contributed by atoms with Crippen LogP contribution in [0.25, 0.3) is 0 Å². The van der Waals surface area contributed by atoms with Gasteiger partial charge in [-0.15, -0.1) is 0 Å². The molecule has 2 N–H and O–H groups in total. The molecule has 0 spiro atoms. The average molecular weight is 485 g/mol. The maximum absolute atomic E-state index is 13.3. The minimum atomic E-state index is -0.633. The molecule has 2 amide bonds. The molecule has 0 bridgehead atoms. The predicted octanol–water partition coefficient (Wildman–Crippen LogP) is 3.07. The van der Waals surface area contributed by atoms with Crippen molar-refractivity contribution in [1.82, 2.24) is 9.80 Å². The van der Waals surface area contributed by atoms with Crippen molar-refractivity contribution >= 4 is 17.5 Å². The van der Waals surface area contributed by atoms with Crippen molar-refractivity contribution in [2.24, 2.45) is 5.73 Å². The third-order valence-electron chi connectivity index (χ3n) is 7.24. The minimum absolute atomic E-state index is 0.162. The maximum Gasteiger partial charge on any atom is 0.254 e. The van der Waals surface area contributed by atoms with Gasteiger partial charge in [-0.05, 0) is 41.0 Å². The van der Waals surface area contributed by atoms with Crippen LogP contribution < -0.4 is 15.4 Å². The van der Waals surface area contributed by atoms with Crippen molar-refractivity contribution in [3.8, 4) is 5.75 Å². The molecule has 3 aromatic rings. The van der Waals surface area contributed by atoms with E-state index >= 15 is 0 Å². The molecule has 0 radical (unpaired) electrons. The number of carbonyl (C=O) groups is 2. The second-order valence-corrected chi connectivity index (χ2v) is 9.46. The van der Waals surface area contributed by atoms with Crippen molar-refractivity contribution < 1.29 is 14.3 Å². The minimum Gasteiger partial charge on any atom is -0.495 e. The number of benzene rings is 3. The zero-order chi connectivity index (χ0) is 25.1. The van der Waals surface area contributed by atoms with Gasteiger partial charge in [-0.25, -0.2) is 0 Å². The van der Waals surface area contributed by atoms with Gasteiger partial charge in [0.1, 0.15) is 11.8 Å². The molecule has 5 rings (SSSR count). The fraction of sp³-hybridized carbons (Fsp3) is 0.310. The Balaban J connectivity index is 1.21. The number of hydrogen-bond donors (Lipinski definition) is 1. The maximum atomic E-state index is 13.3. The molecule has 2 aliphatic heterocycles. The summed E-state index contributed by atoms with van der Waals surface area (Å²) in [5, 5.41) is 0. The number of nitrogens with zero attached hydrogens (tertiary/aromatic N) is 3. The molecular formula is C29H32N4O3. The number of primary amides is 1. The fourth-order valence-electron chi connectivity index (χ4n) is 5.21. The lowest BCUT2D eigenvalue weighted by Crippen LogP contribution is -2.51. The van der Waals surface area contributed by atoms with Gasteiger partial charge >= 0.3 is 0 Å². The number of hydrogen-bond acceptors (Lipinski definition) is 5. The van der Waals surface area contributed by atoms with Crippen LogP contribution >= 0.6 is 0 Å². The lowest BCUT2D eigenvalue weighted by atomic mass is 9.93. The Morgan fingerprint density at radius 2 is 1.56 bits per heavy atom. The zero-order valence-electron chi connectivity index (χ0n) is 20.6. The summed E-state index contributed by atoms with van der Waals surface area (Å²) in [6.45, 7) is 4.98. The highest BCUT2D eigenvalue weighted by Gasteiger charge is 2.33. The Labute approximate surface area is 212 Å². The number of ether oxygens (including phenoxy) is 1. The Bertz CT molecular complexity index is 1240. The highest BCUT2D eigenvalue weighted by molar-refractivity contribution is 5.97. The number of carbonyl (C=O) groups excluding carboxylic acids is 2. The van der Waals surface area contributed by atoms with E-state index in [2.05, 4.69) is 15.9 Å². The summed E-state index contributed by atoms with van der Waals surface area (Å²) in [5.74, 6) is 0.272. The van der Waals surface area contributed by atoms with Crippen molar-refractivity contribution in [1.29, 1.82) is 0 Å². The highest BCUT2D eigenvalue weighted by Crippen LogP contribution is 2.29. The first-order valence-corrected chi connectivity index (χ1v) is 12.4. The van der Waals surface area contributed by atoms with E-state index < -0.39 is 11.9 Å². The third kappa shape index (κ3) is 4.93. The van der Waals surface area contributed by atoms with E-state index in [0.29, 0.717) is 18.5 Å². The Morgan fingerprint density at radius 1 is 0.889 bits per heavy atom. The fourth-order valence-corrected chi connectivity index (χ4v) is 5.21. The summed E-state index contributed by atoms with van der Waals surface area (Å²) < 4.78 is 5.52. The largest absolute Gasteiger partial charge is 0.495 e. The number of amides is 2. The molecule has 0 saturated carbocycles. The summed E-state index contributed by atoms with van der Waals surface area (Å²) in [6.07, 6.45) is 0.455. The van der Waals surface area contributed by atoms with Gasteiger partial charge in [0.15, 0.2) is 0 Å². The van der Waals surface area contributed by atoms with Gasteiger partial charge in [-0.3, -0.25) is 14.5 Å². The standard InChI is InChI=1S/C29H32N4O3/c1-36-27-9-5-4-8-25(27)32-16-14-31(15-17-32)19-21-10-12-22(13-11-21)29(35)33-20-24-7-3-2-6-23(24)18-26(33)28(30)34/h2-13,26H,14-20H2,1H3,(H2,30,34)/t26-/m0/s1. The van der Waals surface area contributed by atoms with Crippen LogP contribution in [0.1, 0.15) is 27.0 Å². The van der Waals surface area contributed by atoms with Crippen LogP contribution in [0.4, 0.5) is 5.69 Å². The number of anilines is 1. The van der Waals surface area contributed by atoms with Crippen molar-refractivity contribution in [2.45, 2.75) is 25.6 Å². The summed E-state index contributed by atoms with van der Waals surface area (Å²) in [5.41, 5.74) is 10.7. The van der Waals surface area contributed by atoms with Gasteiger partial charge in [-0.2, -0.15) is 0 Å². The number of para-hydroxylation sites is 2. The summed E-state index contributed by atoms with van der Waals surface area (Å²) in [4.78, 5) is 31.9. The Hall–Kier alpha value is -3.84. The molecule has 0 aliphatic carbocycles. The molecular weight excluding hydrogens is 452 g/mol. The first-order valence-electron chi connectivity index (χ1n) is 12.4. The Kier molecular flexibility index (Phi) is 6.91. The van der Waals surface area contributed by atoms with Gasteiger partial charge in [-0.1, -0.05) is 48.5 Å². The van der Waals surface area contributed by atoms with Crippen molar-refractivity contribution in [3.05, 3.63) is 95.1 Å². The summed E-state index contributed by atoms with van der Waals surface area (Å²) >= 11 is 0. The van der Waals surface area contributed by atoms with Gasteiger partial charge in [0.25, 0.3) is 5.91 Å². The first kappa shape index (κ1) is 23.9. The lowest BCUT2D eigenvalue weighted by molar-refractivity contribution is -0.122. The summed E-state index contributed by atoms with van der Waals surface area (Å²) in [7, 11) is 1.71. The zero-order valence-corrected chi connectivity index (χ0v) is 20.6. The summed E-state index contributed by atoms with van der Waals surface area (Å²) in [6, 6.07) is 23.2. The van der Waals surface area contributed by atoms with E-state index in [4.69, 9.17) is 10.5 Å². The SMILES string of the molecule is COc1ccccc1N1CCN(Cc2ccc(C(=O)N3Cc4ccccc4C[C@H]3C(N)=O)cc2)CC1. The second-order valence-electron chi connectivity index (χ2n) is 9.46. The van der Waals surface area contributed by atoms with E-state index in [0.717, 1.165) is 60.9 Å². The molecule has 0 aromatic heterocycles. The van der Waals surface area contributed by atoms with Crippen LogP contribution in [0.15, 0.2) is 72.8 Å². The van der Waals surface area contributed by atoms with Crippen LogP contribution in [0.5, 0.6) is 5.75 Å². The lowest BCUT2D eigenvalue weighted by Gasteiger charge is -2.36. The normalized spacial score (nSPS) is 18.0. The molecule has 0 unspecified atom stereocenters. The predicted molar refractivity (Wildman–Crippen MR) is 140 cm³/mol. The molecule has 2 heterocycles.